The van der Waals surface area contributed by atoms with Gasteiger partial charge >= 0.3 is 0 Å². The van der Waals surface area contributed by atoms with Gasteiger partial charge in [-0.25, -0.2) is 4.98 Å². The predicted molar refractivity (Wildman–Crippen MR) is 128 cm³/mol. The van der Waals surface area contributed by atoms with E-state index in [1.54, 1.807) is 24.4 Å². The highest BCUT2D eigenvalue weighted by Gasteiger charge is 2.09. The summed E-state index contributed by atoms with van der Waals surface area (Å²) in [5.74, 6) is 6.48. The zero-order valence-electron chi connectivity index (χ0n) is 17.6. The molecule has 0 aliphatic heterocycles. The summed E-state index contributed by atoms with van der Waals surface area (Å²) in [6, 6.07) is 17.4. The van der Waals surface area contributed by atoms with E-state index in [9.17, 15) is 4.79 Å². The maximum Gasteiger partial charge on any atom is 0.193 e. The quantitative estimate of drug-likeness (QED) is 0.382. The van der Waals surface area contributed by atoms with Gasteiger partial charge in [0, 0.05) is 28.4 Å². The van der Waals surface area contributed by atoms with Gasteiger partial charge in [-0.15, -0.1) is 0 Å². The Hall–Kier alpha value is -3.47. The third kappa shape index (κ3) is 5.67. The molecule has 0 spiro atoms. The first-order valence-corrected chi connectivity index (χ1v) is 10.7. The molecule has 2 heterocycles. The molecule has 0 radical (unpaired) electrons. The highest BCUT2D eigenvalue weighted by molar-refractivity contribution is 6.30. The fourth-order valence-corrected chi connectivity index (χ4v) is 3.35. The van der Waals surface area contributed by atoms with Gasteiger partial charge in [0.1, 0.15) is 17.0 Å². The first-order valence-electron chi connectivity index (χ1n) is 10.3. The van der Waals surface area contributed by atoms with Crippen molar-refractivity contribution in [2.45, 2.75) is 12.6 Å². The maximum atomic E-state index is 12.5. The van der Waals surface area contributed by atoms with Crippen molar-refractivity contribution >= 4 is 22.6 Å². The molecule has 3 N–H and O–H groups in total. The topological polar surface area (TPSA) is 95.6 Å². The highest BCUT2D eigenvalue weighted by atomic mass is 35.5. The lowest BCUT2D eigenvalue weighted by Crippen LogP contribution is -2.35. The van der Waals surface area contributed by atoms with Gasteiger partial charge < -0.3 is 19.9 Å². The van der Waals surface area contributed by atoms with E-state index in [1.807, 2.05) is 36.4 Å². The Labute approximate surface area is 195 Å². The number of hydrogen-bond acceptors (Lipinski definition) is 6. The number of halogens is 1. The minimum atomic E-state index is -0.475. The van der Waals surface area contributed by atoms with Crippen LogP contribution in [0.2, 0.25) is 5.02 Å². The van der Waals surface area contributed by atoms with Gasteiger partial charge in [0.25, 0.3) is 0 Å². The average molecular weight is 461 g/mol. The molecular weight excluding hydrogens is 440 g/mol. The number of nitrogens with zero attached hydrogens (tertiary/aromatic N) is 1. The number of rotatable bonds is 6. The molecule has 2 aromatic heterocycles. The van der Waals surface area contributed by atoms with Gasteiger partial charge in [0.05, 0.1) is 31.2 Å². The van der Waals surface area contributed by atoms with Crippen molar-refractivity contribution < 1.29 is 14.6 Å². The fraction of sp³-hybridized carbons (Fsp3) is 0.154. The molecule has 0 unspecified atom stereocenters. The van der Waals surface area contributed by atoms with E-state index in [0.717, 1.165) is 11.1 Å². The molecule has 166 valence electrons. The molecule has 0 fully saturated rings. The molecule has 0 saturated carbocycles. The van der Waals surface area contributed by atoms with Crippen LogP contribution < -0.4 is 10.7 Å². The monoisotopic (exact) mass is 460 g/mol. The van der Waals surface area contributed by atoms with Crippen LogP contribution in [0.3, 0.4) is 0 Å². The molecule has 0 aliphatic carbocycles. The van der Waals surface area contributed by atoms with Crippen LogP contribution in [-0.4, -0.2) is 34.5 Å². The number of hydrogen-bond donors (Lipinski definition) is 3. The molecule has 7 heteroatoms. The zero-order chi connectivity index (χ0) is 23.2. The van der Waals surface area contributed by atoms with E-state index < -0.39 is 6.04 Å². The molecule has 0 atom stereocenters. The second-order valence-corrected chi connectivity index (χ2v) is 7.86. The smallest absolute Gasteiger partial charge is 0.193 e. The largest absolute Gasteiger partial charge is 0.459 e. The van der Waals surface area contributed by atoms with Gasteiger partial charge in [-0.3, -0.25) is 4.79 Å². The molecule has 0 saturated heterocycles. The molecule has 4 rings (SSSR count). The summed E-state index contributed by atoms with van der Waals surface area (Å²) in [5, 5.41) is 22.3. The minimum absolute atomic E-state index is 0.188. The summed E-state index contributed by atoms with van der Waals surface area (Å²) >= 11 is 5.94. The van der Waals surface area contributed by atoms with Crippen LogP contribution in [0.4, 0.5) is 0 Å². The third-order valence-corrected chi connectivity index (χ3v) is 5.31. The van der Waals surface area contributed by atoms with Crippen molar-refractivity contribution in [1.29, 1.82) is 0 Å². The molecule has 4 aromatic rings. The number of aliphatic hydroxyl groups excluding tert-OH is 2. The first kappa shape index (κ1) is 22.7. The maximum absolute atomic E-state index is 12.5. The fourth-order valence-electron chi connectivity index (χ4n) is 3.22. The summed E-state index contributed by atoms with van der Waals surface area (Å²) in [5.41, 5.74) is 3.53. The Kier molecular flexibility index (Phi) is 7.18. The first-order chi connectivity index (χ1) is 16.1. The van der Waals surface area contributed by atoms with Crippen LogP contribution in [0, 0.1) is 11.8 Å². The van der Waals surface area contributed by atoms with Crippen LogP contribution in [0.25, 0.3) is 22.1 Å². The van der Waals surface area contributed by atoms with Gasteiger partial charge in [0.2, 0.25) is 0 Å². The number of pyridine rings is 1. The second-order valence-electron chi connectivity index (χ2n) is 7.42. The van der Waals surface area contributed by atoms with Crippen molar-refractivity contribution in [2.24, 2.45) is 0 Å². The lowest BCUT2D eigenvalue weighted by molar-refractivity contribution is 0.168. The van der Waals surface area contributed by atoms with Crippen molar-refractivity contribution in [2.75, 3.05) is 13.2 Å². The average Bonchev–Trinajstić information content (AvgIpc) is 2.84. The lowest BCUT2D eigenvalue weighted by Gasteiger charge is -2.12. The Morgan fingerprint density at radius 1 is 0.970 bits per heavy atom. The number of aliphatic hydroxyl groups is 2. The Balaban J connectivity index is 1.51. The van der Waals surface area contributed by atoms with Crippen LogP contribution in [0.15, 0.2) is 76.1 Å². The lowest BCUT2D eigenvalue weighted by atomic mass is 10.1. The van der Waals surface area contributed by atoms with Crippen molar-refractivity contribution in [3.63, 3.8) is 0 Å². The number of benzene rings is 2. The van der Waals surface area contributed by atoms with Crippen LogP contribution >= 0.6 is 11.6 Å². The molecule has 2 aromatic carbocycles. The van der Waals surface area contributed by atoms with Gasteiger partial charge in [-0.2, -0.15) is 0 Å². The Morgan fingerprint density at radius 2 is 1.73 bits per heavy atom. The number of nitrogens with one attached hydrogen (secondary N) is 1. The van der Waals surface area contributed by atoms with Crippen molar-refractivity contribution in [3.05, 3.63) is 99.1 Å². The molecular formula is C26H21ClN2O4. The number of aromatic nitrogens is 1. The standard InChI is InChI=1S/C26H21ClN2O4/c27-20-6-3-18(4-7-20)19-5-9-21(28-13-19)8-1-17-2-10-26-24(11-17)25(32)12-23(33-26)14-29-22(15-30)16-31/h2-7,9-13,22,29-31H,14-16H2. The molecule has 0 aliphatic rings. The van der Waals surface area contributed by atoms with E-state index in [1.165, 1.54) is 6.07 Å². The van der Waals surface area contributed by atoms with E-state index in [4.69, 9.17) is 26.2 Å². The van der Waals surface area contributed by atoms with E-state index in [0.29, 0.717) is 33.0 Å². The zero-order valence-corrected chi connectivity index (χ0v) is 18.3. The number of fused-ring (bicyclic) bond motifs is 1. The summed E-state index contributed by atoms with van der Waals surface area (Å²) < 4.78 is 5.77. The summed E-state index contributed by atoms with van der Waals surface area (Å²) in [6.45, 7) is -0.208. The summed E-state index contributed by atoms with van der Waals surface area (Å²) in [6.07, 6.45) is 1.76. The van der Waals surface area contributed by atoms with Crippen molar-refractivity contribution in [1.82, 2.24) is 10.3 Å². The normalized spacial score (nSPS) is 10.9. The van der Waals surface area contributed by atoms with Crippen molar-refractivity contribution in [3.8, 4) is 23.0 Å². The molecule has 33 heavy (non-hydrogen) atoms. The van der Waals surface area contributed by atoms with Gasteiger partial charge in [-0.1, -0.05) is 35.7 Å². The molecule has 0 bridgehead atoms. The van der Waals surface area contributed by atoms with Crippen LogP contribution in [-0.2, 0) is 6.54 Å². The van der Waals surface area contributed by atoms with E-state index >= 15 is 0 Å². The van der Waals surface area contributed by atoms with Crippen LogP contribution in [0.5, 0.6) is 0 Å². The summed E-state index contributed by atoms with van der Waals surface area (Å²) in [7, 11) is 0. The van der Waals surface area contributed by atoms with E-state index in [2.05, 4.69) is 22.1 Å². The predicted octanol–water partition coefficient (Wildman–Crippen LogP) is 3.35. The second kappa shape index (κ2) is 10.4. The van der Waals surface area contributed by atoms with Crippen LogP contribution in [0.1, 0.15) is 17.0 Å². The van der Waals surface area contributed by atoms with Gasteiger partial charge in [0.15, 0.2) is 5.43 Å². The summed E-state index contributed by atoms with van der Waals surface area (Å²) in [4.78, 5) is 17.0. The molecule has 6 nitrogen and oxygen atoms in total. The van der Waals surface area contributed by atoms with E-state index in [-0.39, 0.29) is 25.2 Å². The SMILES string of the molecule is O=c1cc(CNC(CO)CO)oc2ccc(C#Cc3ccc(-c4ccc(Cl)cc4)cn3)cc12. The molecule has 0 amide bonds. The van der Waals surface area contributed by atoms with Gasteiger partial charge in [-0.05, 0) is 47.9 Å². The third-order valence-electron chi connectivity index (χ3n) is 5.06. The highest BCUT2D eigenvalue weighted by Crippen LogP contribution is 2.21. The minimum Gasteiger partial charge on any atom is -0.459 e. The Bertz CT molecular complexity index is 1370. The Morgan fingerprint density at radius 3 is 2.42 bits per heavy atom.